The predicted octanol–water partition coefficient (Wildman–Crippen LogP) is 3.12. The van der Waals surface area contributed by atoms with Gasteiger partial charge in [-0.1, -0.05) is 32.1 Å². The van der Waals surface area contributed by atoms with Crippen molar-refractivity contribution < 1.29 is 9.47 Å². The van der Waals surface area contributed by atoms with Gasteiger partial charge in [0.2, 0.25) is 0 Å². The molecule has 0 aliphatic carbocycles. The molecule has 1 aromatic rings. The second-order valence-electron chi connectivity index (χ2n) is 4.32. The van der Waals surface area contributed by atoms with E-state index in [-0.39, 0.29) is 11.8 Å². The maximum atomic E-state index is 5.70. The average molecular weight is 267 g/mol. The Bertz CT molecular complexity index is 420. The Labute approximate surface area is 114 Å². The zero-order chi connectivity index (χ0) is 13.7. The predicted molar refractivity (Wildman–Crippen MR) is 78.5 cm³/mol. The number of benzene rings is 1. The van der Waals surface area contributed by atoms with Crippen LogP contribution in [0.5, 0.6) is 11.5 Å². The van der Waals surface area contributed by atoms with Crippen molar-refractivity contribution >= 4 is 17.2 Å². The van der Waals surface area contributed by atoms with Crippen molar-refractivity contribution in [1.82, 2.24) is 0 Å². The van der Waals surface area contributed by atoms with Crippen molar-refractivity contribution in [2.24, 2.45) is 11.7 Å². The molecule has 0 radical (unpaired) electrons. The molecule has 0 amide bonds. The Morgan fingerprint density at radius 1 is 1.33 bits per heavy atom. The highest BCUT2D eigenvalue weighted by Gasteiger charge is 2.18. The summed E-state index contributed by atoms with van der Waals surface area (Å²) in [7, 11) is 1.64. The van der Waals surface area contributed by atoms with Crippen LogP contribution in [-0.2, 0) is 0 Å². The third-order valence-electron chi connectivity index (χ3n) is 3.21. The van der Waals surface area contributed by atoms with Crippen LogP contribution in [0.25, 0.3) is 0 Å². The smallest absolute Gasteiger partial charge is 0.161 e. The Hall–Kier alpha value is -1.29. The number of ether oxygens (including phenoxy) is 2. The SMILES string of the molecule is CCOc1ccc(C(C)C(C)C(N)=S)cc1OC. The normalized spacial score (nSPS) is 13.8. The van der Waals surface area contributed by atoms with Crippen LogP contribution in [0, 0.1) is 5.92 Å². The fourth-order valence-corrected chi connectivity index (χ4v) is 1.98. The zero-order valence-corrected chi connectivity index (χ0v) is 12.2. The number of methoxy groups -OCH3 is 1. The molecule has 0 bridgehead atoms. The molecule has 3 nitrogen and oxygen atoms in total. The van der Waals surface area contributed by atoms with Crippen LogP contribution >= 0.6 is 12.2 Å². The number of hydrogen-bond donors (Lipinski definition) is 1. The Morgan fingerprint density at radius 3 is 2.50 bits per heavy atom. The molecule has 0 heterocycles. The first-order chi connectivity index (χ1) is 8.51. The summed E-state index contributed by atoms with van der Waals surface area (Å²) in [5.41, 5.74) is 6.85. The molecule has 0 fully saturated rings. The van der Waals surface area contributed by atoms with E-state index < -0.39 is 0 Å². The highest BCUT2D eigenvalue weighted by atomic mass is 32.1. The summed E-state index contributed by atoms with van der Waals surface area (Å²) in [6.07, 6.45) is 0. The molecule has 0 spiro atoms. The summed E-state index contributed by atoms with van der Waals surface area (Å²) in [6, 6.07) is 5.96. The lowest BCUT2D eigenvalue weighted by Gasteiger charge is -2.20. The lowest BCUT2D eigenvalue weighted by molar-refractivity contribution is 0.310. The van der Waals surface area contributed by atoms with E-state index in [0.717, 1.165) is 17.1 Å². The lowest BCUT2D eigenvalue weighted by atomic mass is 9.89. The van der Waals surface area contributed by atoms with Gasteiger partial charge in [-0.05, 0) is 30.5 Å². The first kappa shape index (κ1) is 14.8. The molecule has 0 aliphatic rings. The van der Waals surface area contributed by atoms with Crippen molar-refractivity contribution in [1.29, 1.82) is 0 Å². The topological polar surface area (TPSA) is 44.5 Å². The fraction of sp³-hybridized carbons (Fsp3) is 0.500. The summed E-state index contributed by atoms with van der Waals surface area (Å²) < 4.78 is 10.8. The van der Waals surface area contributed by atoms with Crippen molar-refractivity contribution in [3.63, 3.8) is 0 Å². The van der Waals surface area contributed by atoms with Gasteiger partial charge in [0.15, 0.2) is 11.5 Å². The summed E-state index contributed by atoms with van der Waals surface area (Å²) in [5, 5.41) is 0. The highest BCUT2D eigenvalue weighted by molar-refractivity contribution is 7.80. The molecule has 2 N–H and O–H groups in total. The minimum absolute atomic E-state index is 0.155. The van der Waals surface area contributed by atoms with E-state index in [2.05, 4.69) is 6.92 Å². The molecule has 0 aliphatic heterocycles. The first-order valence-electron chi connectivity index (χ1n) is 6.11. The van der Waals surface area contributed by atoms with E-state index in [1.165, 1.54) is 0 Å². The highest BCUT2D eigenvalue weighted by Crippen LogP contribution is 2.33. The summed E-state index contributed by atoms with van der Waals surface area (Å²) in [6.45, 7) is 6.72. The molecule has 0 saturated carbocycles. The molecule has 100 valence electrons. The van der Waals surface area contributed by atoms with Gasteiger partial charge in [-0.2, -0.15) is 0 Å². The maximum absolute atomic E-state index is 5.70. The van der Waals surface area contributed by atoms with Crippen LogP contribution in [-0.4, -0.2) is 18.7 Å². The molecule has 0 aromatic heterocycles. The van der Waals surface area contributed by atoms with Crippen molar-refractivity contribution in [3.8, 4) is 11.5 Å². The van der Waals surface area contributed by atoms with Crippen molar-refractivity contribution in [2.45, 2.75) is 26.7 Å². The Kier molecular flexibility index (Phi) is 5.41. The Balaban J connectivity index is 3.01. The second kappa shape index (κ2) is 6.59. The van der Waals surface area contributed by atoms with Gasteiger partial charge >= 0.3 is 0 Å². The van der Waals surface area contributed by atoms with Gasteiger partial charge in [0.1, 0.15) is 0 Å². The molecule has 0 saturated heterocycles. The number of thiocarbonyl (C=S) groups is 1. The quantitative estimate of drug-likeness (QED) is 0.804. The molecule has 4 heteroatoms. The molecule has 1 aromatic carbocycles. The monoisotopic (exact) mass is 267 g/mol. The van der Waals surface area contributed by atoms with Gasteiger partial charge in [-0.3, -0.25) is 0 Å². The van der Waals surface area contributed by atoms with Gasteiger partial charge in [0.05, 0.1) is 18.7 Å². The molecular formula is C14H21NO2S. The Morgan fingerprint density at radius 2 is 2.00 bits per heavy atom. The van der Waals surface area contributed by atoms with Crippen LogP contribution in [0.15, 0.2) is 18.2 Å². The fourth-order valence-electron chi connectivity index (χ4n) is 1.78. The third-order valence-corrected chi connectivity index (χ3v) is 3.58. The minimum atomic E-state index is 0.155. The van der Waals surface area contributed by atoms with E-state index in [0.29, 0.717) is 11.6 Å². The van der Waals surface area contributed by atoms with Gasteiger partial charge in [-0.25, -0.2) is 0 Å². The van der Waals surface area contributed by atoms with Crippen LogP contribution < -0.4 is 15.2 Å². The summed E-state index contributed by atoms with van der Waals surface area (Å²) in [5.74, 6) is 1.92. The molecule has 1 rings (SSSR count). The van der Waals surface area contributed by atoms with E-state index in [9.17, 15) is 0 Å². The minimum Gasteiger partial charge on any atom is -0.493 e. The lowest BCUT2D eigenvalue weighted by Crippen LogP contribution is -2.23. The average Bonchev–Trinajstić information content (AvgIpc) is 2.37. The number of hydrogen-bond acceptors (Lipinski definition) is 3. The van der Waals surface area contributed by atoms with Gasteiger partial charge < -0.3 is 15.2 Å². The summed E-state index contributed by atoms with van der Waals surface area (Å²) >= 11 is 5.04. The van der Waals surface area contributed by atoms with Crippen LogP contribution in [0.2, 0.25) is 0 Å². The van der Waals surface area contributed by atoms with E-state index >= 15 is 0 Å². The molecule has 2 atom stereocenters. The zero-order valence-electron chi connectivity index (χ0n) is 11.4. The first-order valence-corrected chi connectivity index (χ1v) is 6.52. The van der Waals surface area contributed by atoms with Crippen LogP contribution in [0.3, 0.4) is 0 Å². The van der Waals surface area contributed by atoms with Gasteiger partial charge in [0.25, 0.3) is 0 Å². The number of rotatable bonds is 6. The summed E-state index contributed by atoms with van der Waals surface area (Å²) in [4.78, 5) is 0.537. The van der Waals surface area contributed by atoms with Crippen LogP contribution in [0.1, 0.15) is 32.3 Å². The van der Waals surface area contributed by atoms with Gasteiger partial charge in [0, 0.05) is 5.92 Å². The second-order valence-corrected chi connectivity index (χ2v) is 4.79. The van der Waals surface area contributed by atoms with E-state index in [1.54, 1.807) is 7.11 Å². The molecular weight excluding hydrogens is 246 g/mol. The van der Waals surface area contributed by atoms with E-state index in [1.807, 2.05) is 32.0 Å². The van der Waals surface area contributed by atoms with Crippen molar-refractivity contribution in [3.05, 3.63) is 23.8 Å². The molecule has 18 heavy (non-hydrogen) atoms. The van der Waals surface area contributed by atoms with Gasteiger partial charge in [-0.15, -0.1) is 0 Å². The maximum Gasteiger partial charge on any atom is 0.161 e. The van der Waals surface area contributed by atoms with E-state index in [4.69, 9.17) is 27.4 Å². The third kappa shape index (κ3) is 3.35. The van der Waals surface area contributed by atoms with Crippen molar-refractivity contribution in [2.75, 3.05) is 13.7 Å². The standard InChI is InChI=1S/C14H21NO2S/c1-5-17-12-7-6-11(8-13(12)16-4)9(2)10(3)14(15)18/h6-10H,5H2,1-4H3,(H2,15,18). The van der Waals surface area contributed by atoms with Crippen LogP contribution in [0.4, 0.5) is 0 Å². The largest absolute Gasteiger partial charge is 0.493 e. The number of nitrogens with two attached hydrogens (primary N) is 1. The molecule has 2 unspecified atom stereocenters.